The highest BCUT2D eigenvalue weighted by Crippen LogP contribution is 2.23. The molecule has 0 amide bonds. The van der Waals surface area contributed by atoms with Crippen LogP contribution in [0.25, 0.3) is 0 Å². The Bertz CT molecular complexity index is 537. The highest BCUT2D eigenvalue weighted by molar-refractivity contribution is 7.12. The van der Waals surface area contributed by atoms with Gasteiger partial charge in [-0.2, -0.15) is 0 Å². The molecule has 88 valence electrons. The normalized spacial score (nSPS) is 10.2. The van der Waals surface area contributed by atoms with E-state index in [1.807, 2.05) is 0 Å². The average molecular weight is 287 g/mol. The van der Waals surface area contributed by atoms with E-state index in [9.17, 15) is 4.79 Å². The number of ether oxygens (including phenoxy) is 1. The number of carbonyl (C=O) groups is 1. The molecule has 0 spiro atoms. The molecule has 17 heavy (non-hydrogen) atoms. The summed E-state index contributed by atoms with van der Waals surface area (Å²) in [5.74, 6) is 0.434. The zero-order valence-electron chi connectivity index (χ0n) is 8.65. The molecule has 0 aliphatic rings. The summed E-state index contributed by atoms with van der Waals surface area (Å²) in [5.41, 5.74) is 0. The second-order valence-corrected chi connectivity index (χ2v) is 5.03. The minimum absolute atomic E-state index is 0.0411. The van der Waals surface area contributed by atoms with Crippen molar-refractivity contribution in [2.75, 3.05) is 6.61 Å². The zero-order chi connectivity index (χ0) is 12.3. The maximum absolute atomic E-state index is 11.8. The highest BCUT2D eigenvalue weighted by Gasteiger charge is 2.12. The van der Waals surface area contributed by atoms with Crippen LogP contribution in [0.15, 0.2) is 35.7 Å². The lowest BCUT2D eigenvalue weighted by Crippen LogP contribution is -2.10. The summed E-state index contributed by atoms with van der Waals surface area (Å²) >= 11 is 13.0. The Labute approximate surface area is 113 Å². The molecule has 1 aromatic carbocycles. The van der Waals surface area contributed by atoms with Crippen molar-refractivity contribution in [2.24, 2.45) is 0 Å². The second-order valence-electron chi connectivity index (χ2n) is 3.27. The molecule has 0 saturated carbocycles. The molecule has 1 aromatic heterocycles. The number of Topliss-reactive ketones (excluding diaryl/α,β-unsaturated/α-hetero) is 1. The number of hydrogen-bond acceptors (Lipinski definition) is 3. The fourth-order valence-electron chi connectivity index (χ4n) is 1.26. The van der Waals surface area contributed by atoms with Crippen LogP contribution in [0.4, 0.5) is 0 Å². The lowest BCUT2D eigenvalue weighted by atomic mass is 10.3. The van der Waals surface area contributed by atoms with Gasteiger partial charge in [0.05, 0.1) is 9.90 Å². The van der Waals surface area contributed by atoms with Crippen LogP contribution in [-0.2, 0) is 0 Å². The lowest BCUT2D eigenvalue weighted by molar-refractivity contribution is 0.0926. The summed E-state index contributed by atoms with van der Waals surface area (Å²) < 4.78 is 5.34. The van der Waals surface area contributed by atoms with E-state index in [4.69, 9.17) is 27.9 Å². The van der Waals surface area contributed by atoms with Gasteiger partial charge in [-0.3, -0.25) is 4.79 Å². The molecule has 0 aliphatic carbocycles. The SMILES string of the molecule is O=C(COc1cccc(Cl)c1)c1sccc1Cl. The van der Waals surface area contributed by atoms with Gasteiger partial charge in [0.25, 0.3) is 0 Å². The minimum Gasteiger partial charge on any atom is -0.485 e. The van der Waals surface area contributed by atoms with Crippen LogP contribution < -0.4 is 4.74 Å². The van der Waals surface area contributed by atoms with Gasteiger partial charge in [0.15, 0.2) is 6.61 Å². The average Bonchev–Trinajstić information content (AvgIpc) is 2.72. The molecular formula is C12H8Cl2O2S. The number of carbonyl (C=O) groups excluding carboxylic acids is 1. The quantitative estimate of drug-likeness (QED) is 0.783. The molecule has 2 aromatic rings. The Kier molecular flexibility index (Phi) is 4.05. The molecule has 1 heterocycles. The van der Waals surface area contributed by atoms with Gasteiger partial charge in [0, 0.05) is 5.02 Å². The molecule has 0 bridgehead atoms. The Morgan fingerprint density at radius 2 is 2.12 bits per heavy atom. The Balaban J connectivity index is 1.99. The topological polar surface area (TPSA) is 26.3 Å². The third-order valence-corrected chi connectivity index (χ3v) is 3.65. The van der Waals surface area contributed by atoms with Crippen LogP contribution >= 0.6 is 34.5 Å². The maximum Gasteiger partial charge on any atom is 0.211 e. The largest absolute Gasteiger partial charge is 0.485 e. The Morgan fingerprint density at radius 1 is 1.29 bits per heavy atom. The smallest absolute Gasteiger partial charge is 0.211 e. The van der Waals surface area contributed by atoms with E-state index in [0.717, 1.165) is 0 Å². The van der Waals surface area contributed by atoms with Crippen LogP contribution in [0.3, 0.4) is 0 Å². The first-order valence-electron chi connectivity index (χ1n) is 4.81. The minimum atomic E-state index is -0.134. The Morgan fingerprint density at radius 3 is 2.76 bits per heavy atom. The van der Waals surface area contributed by atoms with Crippen LogP contribution in [-0.4, -0.2) is 12.4 Å². The molecule has 0 aliphatic heterocycles. The molecule has 2 nitrogen and oxygen atoms in total. The van der Waals surface area contributed by atoms with Gasteiger partial charge in [-0.05, 0) is 29.6 Å². The molecule has 2 rings (SSSR count). The number of thiophene rings is 1. The van der Waals surface area contributed by atoms with Crippen molar-refractivity contribution in [1.29, 1.82) is 0 Å². The van der Waals surface area contributed by atoms with Crippen molar-refractivity contribution >= 4 is 40.3 Å². The van der Waals surface area contributed by atoms with Crippen molar-refractivity contribution in [3.05, 3.63) is 50.6 Å². The first-order chi connectivity index (χ1) is 8.16. The standard InChI is InChI=1S/C12H8Cl2O2S/c13-8-2-1-3-9(6-8)16-7-11(15)12-10(14)4-5-17-12/h1-6H,7H2. The number of benzene rings is 1. The van der Waals surface area contributed by atoms with Crippen LogP contribution in [0, 0.1) is 0 Å². The van der Waals surface area contributed by atoms with E-state index in [1.165, 1.54) is 11.3 Å². The van der Waals surface area contributed by atoms with Gasteiger partial charge in [-0.15, -0.1) is 11.3 Å². The van der Waals surface area contributed by atoms with Crippen molar-refractivity contribution in [1.82, 2.24) is 0 Å². The molecule has 0 radical (unpaired) electrons. The molecule has 0 fully saturated rings. The third kappa shape index (κ3) is 3.22. The molecular weight excluding hydrogens is 279 g/mol. The second kappa shape index (κ2) is 5.54. The lowest BCUT2D eigenvalue weighted by Gasteiger charge is -2.04. The summed E-state index contributed by atoms with van der Waals surface area (Å²) in [6.07, 6.45) is 0. The summed E-state index contributed by atoms with van der Waals surface area (Å²) in [7, 11) is 0. The number of rotatable bonds is 4. The van der Waals surface area contributed by atoms with Gasteiger partial charge < -0.3 is 4.74 Å². The fourth-order valence-corrected chi connectivity index (χ4v) is 2.53. The van der Waals surface area contributed by atoms with Gasteiger partial charge in [0.2, 0.25) is 5.78 Å². The summed E-state index contributed by atoms with van der Waals surface area (Å²) in [6.45, 7) is -0.0411. The van der Waals surface area contributed by atoms with Gasteiger partial charge in [0.1, 0.15) is 5.75 Å². The van der Waals surface area contributed by atoms with Crippen molar-refractivity contribution in [3.63, 3.8) is 0 Å². The van der Waals surface area contributed by atoms with Crippen molar-refractivity contribution in [2.45, 2.75) is 0 Å². The first-order valence-corrected chi connectivity index (χ1v) is 6.45. The summed E-state index contributed by atoms with van der Waals surface area (Å²) in [6, 6.07) is 8.60. The number of halogens is 2. The van der Waals surface area contributed by atoms with E-state index >= 15 is 0 Å². The third-order valence-electron chi connectivity index (χ3n) is 2.04. The van der Waals surface area contributed by atoms with E-state index in [2.05, 4.69) is 0 Å². The van der Waals surface area contributed by atoms with Gasteiger partial charge in [-0.25, -0.2) is 0 Å². The fraction of sp³-hybridized carbons (Fsp3) is 0.0833. The summed E-state index contributed by atoms with van der Waals surface area (Å²) in [4.78, 5) is 12.3. The van der Waals surface area contributed by atoms with Crippen LogP contribution in [0.5, 0.6) is 5.75 Å². The van der Waals surface area contributed by atoms with Crippen molar-refractivity contribution < 1.29 is 9.53 Å². The number of hydrogen-bond donors (Lipinski definition) is 0. The molecule has 0 atom stereocenters. The highest BCUT2D eigenvalue weighted by atomic mass is 35.5. The Hall–Kier alpha value is -1.03. The monoisotopic (exact) mass is 286 g/mol. The molecule has 0 saturated heterocycles. The van der Waals surface area contributed by atoms with Crippen LogP contribution in [0.2, 0.25) is 10.0 Å². The maximum atomic E-state index is 11.8. The number of ketones is 1. The first kappa shape index (κ1) is 12.4. The molecule has 0 unspecified atom stereocenters. The molecule has 0 N–H and O–H groups in total. The van der Waals surface area contributed by atoms with Gasteiger partial charge in [-0.1, -0.05) is 29.3 Å². The van der Waals surface area contributed by atoms with E-state index < -0.39 is 0 Å². The van der Waals surface area contributed by atoms with E-state index in [-0.39, 0.29) is 12.4 Å². The predicted molar refractivity (Wildman–Crippen MR) is 70.6 cm³/mol. The zero-order valence-corrected chi connectivity index (χ0v) is 11.0. The molecule has 5 heteroatoms. The van der Waals surface area contributed by atoms with Crippen LogP contribution in [0.1, 0.15) is 9.67 Å². The predicted octanol–water partition coefficient (Wildman–Crippen LogP) is 4.32. The van der Waals surface area contributed by atoms with E-state index in [0.29, 0.717) is 20.7 Å². The van der Waals surface area contributed by atoms with Gasteiger partial charge >= 0.3 is 0 Å². The van der Waals surface area contributed by atoms with E-state index in [1.54, 1.807) is 35.7 Å². The summed E-state index contributed by atoms with van der Waals surface area (Å²) in [5, 5.41) is 2.81. The van der Waals surface area contributed by atoms with Crippen molar-refractivity contribution in [3.8, 4) is 5.75 Å².